The number of para-hydroxylation sites is 2. The normalized spacial score (nSPS) is 11.6. The fourth-order valence-corrected chi connectivity index (χ4v) is 4.79. The average molecular weight is 529 g/mol. The van der Waals surface area contributed by atoms with Crippen LogP contribution in [0.25, 0.3) is 0 Å². The number of carbonyl (C=O) groups is 1. The largest absolute Gasteiger partial charge is 0.497 e. The second kappa shape index (κ2) is 10.4. The maximum atomic E-state index is 13.5. The highest BCUT2D eigenvalue weighted by Gasteiger charge is 2.35. The SMILES string of the molecule is COc1ccc(S(=O)(=O)N(CC(=O)Nc2ccc(Cl)cc2C(F)(F)F)c2ccccc2OC)cc1. The smallest absolute Gasteiger partial charge is 0.418 e. The number of hydrogen-bond donors (Lipinski definition) is 1. The predicted molar refractivity (Wildman–Crippen MR) is 126 cm³/mol. The van der Waals surface area contributed by atoms with Crippen molar-refractivity contribution in [3.05, 3.63) is 77.3 Å². The van der Waals surface area contributed by atoms with E-state index in [9.17, 15) is 26.4 Å². The summed E-state index contributed by atoms with van der Waals surface area (Å²) >= 11 is 5.68. The molecule has 3 rings (SSSR count). The first-order valence-electron chi connectivity index (χ1n) is 9.93. The molecule has 0 radical (unpaired) electrons. The molecular weight excluding hydrogens is 509 g/mol. The number of hydrogen-bond acceptors (Lipinski definition) is 5. The molecule has 12 heteroatoms. The molecular formula is C23H20ClF3N2O5S. The van der Waals surface area contributed by atoms with Gasteiger partial charge < -0.3 is 14.8 Å². The van der Waals surface area contributed by atoms with Gasteiger partial charge in [-0.2, -0.15) is 13.2 Å². The maximum absolute atomic E-state index is 13.5. The molecule has 0 saturated carbocycles. The molecule has 0 saturated heterocycles. The lowest BCUT2D eigenvalue weighted by Crippen LogP contribution is -2.38. The molecule has 0 aliphatic carbocycles. The molecule has 3 aromatic carbocycles. The van der Waals surface area contributed by atoms with E-state index in [0.717, 1.165) is 10.4 Å². The quantitative estimate of drug-likeness (QED) is 0.434. The van der Waals surface area contributed by atoms with Crippen LogP contribution in [0.4, 0.5) is 24.5 Å². The topological polar surface area (TPSA) is 84.9 Å². The summed E-state index contributed by atoms with van der Waals surface area (Å²) in [5.41, 5.74) is -1.71. The molecule has 35 heavy (non-hydrogen) atoms. The number of benzene rings is 3. The number of ether oxygens (including phenoxy) is 2. The number of nitrogens with one attached hydrogen (secondary N) is 1. The molecule has 0 aliphatic heterocycles. The molecule has 0 heterocycles. The molecule has 0 aromatic heterocycles. The number of halogens is 4. The molecule has 1 amide bonds. The van der Waals surface area contributed by atoms with Crippen LogP contribution in [-0.2, 0) is 21.0 Å². The van der Waals surface area contributed by atoms with E-state index >= 15 is 0 Å². The highest BCUT2D eigenvalue weighted by molar-refractivity contribution is 7.92. The van der Waals surface area contributed by atoms with Gasteiger partial charge in [0.2, 0.25) is 5.91 Å². The second-order valence-electron chi connectivity index (χ2n) is 7.09. The number of rotatable bonds is 8. The van der Waals surface area contributed by atoms with E-state index in [1.807, 2.05) is 0 Å². The van der Waals surface area contributed by atoms with E-state index in [-0.39, 0.29) is 21.4 Å². The van der Waals surface area contributed by atoms with Crippen molar-refractivity contribution in [2.75, 3.05) is 30.4 Å². The van der Waals surface area contributed by atoms with Gasteiger partial charge in [0.15, 0.2) is 0 Å². The van der Waals surface area contributed by atoms with Gasteiger partial charge in [-0.05, 0) is 54.6 Å². The van der Waals surface area contributed by atoms with Crippen LogP contribution in [0.5, 0.6) is 11.5 Å². The first kappa shape index (κ1) is 26.2. The summed E-state index contributed by atoms with van der Waals surface area (Å²) in [5.74, 6) is -0.464. The summed E-state index contributed by atoms with van der Waals surface area (Å²) in [6, 6.07) is 14.3. The van der Waals surface area contributed by atoms with E-state index in [0.29, 0.717) is 11.8 Å². The number of methoxy groups -OCH3 is 2. The summed E-state index contributed by atoms with van der Waals surface area (Å²) < 4.78 is 78.4. The number of alkyl halides is 3. The van der Waals surface area contributed by atoms with Crippen molar-refractivity contribution < 1.29 is 35.9 Å². The molecule has 0 spiro atoms. The highest BCUT2D eigenvalue weighted by Crippen LogP contribution is 2.37. The Kier molecular flexibility index (Phi) is 7.81. The minimum absolute atomic E-state index is 0.0214. The van der Waals surface area contributed by atoms with Gasteiger partial charge >= 0.3 is 6.18 Å². The Hall–Kier alpha value is -3.44. The van der Waals surface area contributed by atoms with E-state index in [2.05, 4.69) is 5.32 Å². The number of sulfonamides is 1. The molecule has 1 N–H and O–H groups in total. The lowest BCUT2D eigenvalue weighted by atomic mass is 10.1. The van der Waals surface area contributed by atoms with Crippen LogP contribution >= 0.6 is 11.6 Å². The van der Waals surface area contributed by atoms with Crippen LogP contribution < -0.4 is 19.1 Å². The van der Waals surface area contributed by atoms with Crippen molar-refractivity contribution >= 4 is 38.9 Å². The second-order valence-corrected chi connectivity index (χ2v) is 9.39. The zero-order chi connectivity index (χ0) is 25.8. The van der Waals surface area contributed by atoms with Gasteiger partial charge in [-0.15, -0.1) is 0 Å². The van der Waals surface area contributed by atoms with E-state index < -0.39 is 39.9 Å². The minimum Gasteiger partial charge on any atom is -0.497 e. The van der Waals surface area contributed by atoms with Crippen LogP contribution in [0.3, 0.4) is 0 Å². The number of nitrogens with zero attached hydrogens (tertiary/aromatic N) is 1. The third-order valence-electron chi connectivity index (χ3n) is 4.85. The summed E-state index contributed by atoms with van der Waals surface area (Å²) in [5, 5.41) is 1.97. The Morgan fingerprint density at radius 2 is 1.66 bits per heavy atom. The summed E-state index contributed by atoms with van der Waals surface area (Å²) in [6.45, 7) is -0.839. The fraction of sp³-hybridized carbons (Fsp3) is 0.174. The predicted octanol–water partition coefficient (Wildman–Crippen LogP) is 5.21. The Morgan fingerprint density at radius 3 is 2.26 bits per heavy atom. The van der Waals surface area contributed by atoms with E-state index in [1.54, 1.807) is 6.07 Å². The van der Waals surface area contributed by atoms with Crippen LogP contribution in [0.15, 0.2) is 71.6 Å². The standard InChI is InChI=1S/C23H20ClF3N2O5S/c1-33-16-8-10-17(11-9-16)35(31,32)29(20-5-3-4-6-21(20)34-2)14-22(30)28-19-12-7-15(24)13-18(19)23(25,26)27/h3-13H,14H2,1-2H3,(H,28,30). The van der Waals surface area contributed by atoms with Gasteiger partial charge in [0.25, 0.3) is 10.0 Å². The molecule has 3 aromatic rings. The van der Waals surface area contributed by atoms with Crippen molar-refractivity contribution in [1.82, 2.24) is 0 Å². The Bertz CT molecular complexity index is 1320. The van der Waals surface area contributed by atoms with Gasteiger partial charge in [0.05, 0.1) is 36.1 Å². The lowest BCUT2D eigenvalue weighted by Gasteiger charge is -2.26. The third kappa shape index (κ3) is 5.98. The number of carbonyl (C=O) groups excluding carboxylic acids is 1. The zero-order valence-electron chi connectivity index (χ0n) is 18.5. The van der Waals surface area contributed by atoms with E-state index in [4.69, 9.17) is 21.1 Å². The monoisotopic (exact) mass is 528 g/mol. The first-order chi connectivity index (χ1) is 16.5. The Balaban J connectivity index is 2.02. The van der Waals surface area contributed by atoms with Crippen LogP contribution in [-0.4, -0.2) is 35.1 Å². The molecule has 0 aliphatic rings. The summed E-state index contributed by atoms with van der Waals surface area (Å²) in [4.78, 5) is 12.7. The van der Waals surface area contributed by atoms with Gasteiger partial charge in [-0.25, -0.2) is 8.42 Å². The number of amides is 1. The van der Waals surface area contributed by atoms with Crippen LogP contribution in [0.2, 0.25) is 5.02 Å². The third-order valence-corrected chi connectivity index (χ3v) is 6.86. The van der Waals surface area contributed by atoms with Gasteiger partial charge in [-0.3, -0.25) is 9.10 Å². The molecule has 0 unspecified atom stereocenters. The summed E-state index contributed by atoms with van der Waals surface area (Å²) in [6.07, 6.45) is -4.80. The molecule has 0 bridgehead atoms. The van der Waals surface area contributed by atoms with Crippen LogP contribution in [0, 0.1) is 0 Å². The van der Waals surface area contributed by atoms with Crippen LogP contribution in [0.1, 0.15) is 5.56 Å². The Morgan fingerprint density at radius 1 is 1.00 bits per heavy atom. The van der Waals surface area contributed by atoms with Crippen molar-refractivity contribution in [2.45, 2.75) is 11.1 Å². The van der Waals surface area contributed by atoms with Crippen molar-refractivity contribution in [2.24, 2.45) is 0 Å². The van der Waals surface area contributed by atoms with Gasteiger partial charge in [-0.1, -0.05) is 23.7 Å². The average Bonchev–Trinajstić information content (AvgIpc) is 2.83. The Labute approximate surface area is 205 Å². The van der Waals surface area contributed by atoms with Gasteiger partial charge in [0, 0.05) is 5.02 Å². The van der Waals surface area contributed by atoms with Gasteiger partial charge in [0.1, 0.15) is 18.0 Å². The minimum atomic E-state index is -4.80. The highest BCUT2D eigenvalue weighted by atomic mass is 35.5. The molecule has 0 fully saturated rings. The molecule has 186 valence electrons. The van der Waals surface area contributed by atoms with Crippen molar-refractivity contribution in [1.29, 1.82) is 0 Å². The van der Waals surface area contributed by atoms with Crippen molar-refractivity contribution in [3.8, 4) is 11.5 Å². The molecule has 7 nitrogen and oxygen atoms in total. The number of anilines is 2. The van der Waals surface area contributed by atoms with Crippen molar-refractivity contribution in [3.63, 3.8) is 0 Å². The first-order valence-corrected chi connectivity index (χ1v) is 11.8. The van der Waals surface area contributed by atoms with E-state index in [1.165, 1.54) is 62.8 Å². The zero-order valence-corrected chi connectivity index (χ0v) is 20.0. The lowest BCUT2D eigenvalue weighted by molar-refractivity contribution is -0.137. The molecule has 0 atom stereocenters. The summed E-state index contributed by atoms with van der Waals surface area (Å²) in [7, 11) is -1.61. The fourth-order valence-electron chi connectivity index (χ4n) is 3.19. The maximum Gasteiger partial charge on any atom is 0.418 e.